The zero-order chi connectivity index (χ0) is 27.9. The van der Waals surface area contributed by atoms with Crippen molar-refractivity contribution in [2.24, 2.45) is 17.3 Å². The number of nitrogens with one attached hydrogen (secondary N) is 1. The molecule has 1 aliphatic rings. The maximum absolute atomic E-state index is 13.0. The molecule has 1 amide bonds. The minimum atomic E-state index is -0.629. The summed E-state index contributed by atoms with van der Waals surface area (Å²) in [6.45, 7) is 9.26. The molecular weight excluding hydrogens is 502 g/mol. The van der Waals surface area contributed by atoms with E-state index in [1.807, 2.05) is 18.4 Å². The van der Waals surface area contributed by atoms with Crippen LogP contribution in [0, 0.1) is 17.3 Å². The van der Waals surface area contributed by atoms with Crippen LogP contribution in [0.5, 0.6) is 5.75 Å². The lowest BCUT2D eigenvalue weighted by Gasteiger charge is -2.48. The van der Waals surface area contributed by atoms with Gasteiger partial charge in [0.05, 0.1) is 13.7 Å². The number of carbonyl (C=O) groups is 2. The number of ether oxygens (including phenoxy) is 2. The highest BCUT2D eigenvalue weighted by Gasteiger charge is 2.45. The number of fused-ring (bicyclic) bond motifs is 1. The van der Waals surface area contributed by atoms with Crippen molar-refractivity contribution in [2.75, 3.05) is 25.7 Å². The van der Waals surface area contributed by atoms with Crippen LogP contribution in [0.1, 0.15) is 59.8 Å². The van der Waals surface area contributed by atoms with Crippen LogP contribution < -0.4 is 15.7 Å². The Morgan fingerprint density at radius 3 is 2.66 bits per heavy atom. The number of benzene rings is 1. The highest BCUT2D eigenvalue weighted by Crippen LogP contribution is 2.51. The standard InChI is InChI=1S/C30H41NO6S/c1-19(2)23-11-7-20(3)30(4,18-36-22-10-8-21-9-14-28(33)37-26(21)17-22)24(23)12-13-27(32)31-25(15-16-38-6)29(34)35-5/h8-10,14,17,20,24-25H,7,11-13,15-16,18H2,1-6H3,(H,31,32)/t20-,24-,25-,30-/m0/s1. The molecule has 4 atom stereocenters. The first-order valence-electron chi connectivity index (χ1n) is 13.3. The van der Waals surface area contributed by atoms with Crippen molar-refractivity contribution in [3.05, 3.63) is 51.9 Å². The van der Waals surface area contributed by atoms with E-state index in [-0.39, 0.29) is 17.2 Å². The van der Waals surface area contributed by atoms with E-state index in [0.717, 1.165) is 24.0 Å². The molecule has 1 aromatic heterocycles. The normalized spacial score (nSPS) is 22.1. The molecule has 0 saturated heterocycles. The van der Waals surface area contributed by atoms with Crippen LogP contribution >= 0.6 is 11.8 Å². The maximum Gasteiger partial charge on any atom is 0.336 e. The van der Waals surface area contributed by atoms with E-state index in [1.165, 1.54) is 24.3 Å². The third-order valence-electron chi connectivity index (χ3n) is 8.07. The molecule has 1 N–H and O–H groups in total. The summed E-state index contributed by atoms with van der Waals surface area (Å²) in [5.74, 6) is 1.39. The number of methoxy groups -OCH3 is 1. The van der Waals surface area contributed by atoms with Crippen LogP contribution in [0.4, 0.5) is 0 Å². The van der Waals surface area contributed by atoms with Crippen LogP contribution in [0.2, 0.25) is 0 Å². The Bertz CT molecular complexity index is 1220. The lowest BCUT2D eigenvalue weighted by molar-refractivity contribution is -0.145. The van der Waals surface area contributed by atoms with Gasteiger partial charge in [0, 0.05) is 29.4 Å². The van der Waals surface area contributed by atoms with Gasteiger partial charge in [0.25, 0.3) is 0 Å². The third kappa shape index (κ3) is 7.22. The van der Waals surface area contributed by atoms with Crippen molar-refractivity contribution in [3.63, 3.8) is 0 Å². The second-order valence-corrected chi connectivity index (χ2v) is 11.7. The molecular formula is C30H41NO6S. The van der Waals surface area contributed by atoms with Crippen molar-refractivity contribution in [1.29, 1.82) is 0 Å². The fourth-order valence-electron chi connectivity index (χ4n) is 5.50. The quantitative estimate of drug-likeness (QED) is 0.219. The highest BCUT2D eigenvalue weighted by atomic mass is 32.2. The molecule has 1 aromatic carbocycles. The fourth-order valence-corrected chi connectivity index (χ4v) is 5.97. The first-order valence-corrected chi connectivity index (χ1v) is 14.7. The summed E-state index contributed by atoms with van der Waals surface area (Å²) in [4.78, 5) is 36.8. The summed E-state index contributed by atoms with van der Waals surface area (Å²) in [5.41, 5.74) is 2.57. The maximum atomic E-state index is 13.0. The monoisotopic (exact) mass is 543 g/mol. The summed E-state index contributed by atoms with van der Waals surface area (Å²) in [5, 5.41) is 3.73. The number of hydrogen-bond donors (Lipinski definition) is 1. The number of allylic oxidation sites excluding steroid dienone is 2. The lowest BCUT2D eigenvalue weighted by Crippen LogP contribution is -2.45. The smallest absolute Gasteiger partial charge is 0.336 e. The minimum absolute atomic E-state index is 0.138. The number of thioether (sulfide) groups is 1. The zero-order valence-electron chi connectivity index (χ0n) is 23.4. The second kappa shape index (κ2) is 13.4. The van der Waals surface area contributed by atoms with Gasteiger partial charge in [-0.15, -0.1) is 0 Å². The lowest BCUT2D eigenvalue weighted by atomic mass is 9.58. The van der Waals surface area contributed by atoms with Gasteiger partial charge in [0.2, 0.25) is 5.91 Å². The molecule has 0 unspecified atom stereocenters. The van der Waals surface area contributed by atoms with Gasteiger partial charge in [-0.25, -0.2) is 9.59 Å². The van der Waals surface area contributed by atoms with Crippen LogP contribution in [0.25, 0.3) is 11.0 Å². The predicted octanol–water partition coefficient (Wildman–Crippen LogP) is 5.75. The number of hydrogen-bond acceptors (Lipinski definition) is 7. The molecule has 1 aliphatic carbocycles. The molecule has 0 spiro atoms. The van der Waals surface area contributed by atoms with Gasteiger partial charge < -0.3 is 19.2 Å². The summed E-state index contributed by atoms with van der Waals surface area (Å²) in [6.07, 6.45) is 5.55. The van der Waals surface area contributed by atoms with Crippen LogP contribution in [0.3, 0.4) is 0 Å². The molecule has 208 valence electrons. The summed E-state index contributed by atoms with van der Waals surface area (Å²) in [7, 11) is 1.35. The second-order valence-electron chi connectivity index (χ2n) is 10.7. The molecule has 1 fully saturated rings. The molecule has 3 rings (SSSR count). The Hall–Kier alpha value is -2.74. The Morgan fingerprint density at radius 1 is 1.24 bits per heavy atom. The summed E-state index contributed by atoms with van der Waals surface area (Å²) in [6, 6.07) is 8.06. The SMILES string of the molecule is COC(=O)[C@H](CCSC)NC(=O)CC[C@H]1C(=C(C)C)CC[C@H](C)[C@]1(C)COc1ccc2ccc(=O)oc2c1. The molecule has 0 radical (unpaired) electrons. The van der Waals surface area contributed by atoms with E-state index < -0.39 is 17.6 Å². The average Bonchev–Trinajstić information content (AvgIpc) is 2.89. The van der Waals surface area contributed by atoms with Gasteiger partial charge >= 0.3 is 11.6 Å². The van der Waals surface area contributed by atoms with Crippen molar-refractivity contribution in [3.8, 4) is 5.75 Å². The average molecular weight is 544 g/mol. The molecule has 2 aromatic rings. The van der Waals surface area contributed by atoms with Gasteiger partial charge in [0.1, 0.15) is 17.4 Å². The summed E-state index contributed by atoms with van der Waals surface area (Å²) >= 11 is 1.63. The highest BCUT2D eigenvalue weighted by molar-refractivity contribution is 7.98. The van der Waals surface area contributed by atoms with E-state index >= 15 is 0 Å². The van der Waals surface area contributed by atoms with Crippen LogP contribution in [-0.2, 0) is 14.3 Å². The van der Waals surface area contributed by atoms with E-state index in [4.69, 9.17) is 13.9 Å². The van der Waals surface area contributed by atoms with Crippen molar-refractivity contribution < 1.29 is 23.5 Å². The first kappa shape index (κ1) is 29.8. The summed E-state index contributed by atoms with van der Waals surface area (Å²) < 4.78 is 16.6. The Balaban J connectivity index is 1.77. The fraction of sp³-hybridized carbons (Fsp3) is 0.567. The third-order valence-corrected chi connectivity index (χ3v) is 8.71. The van der Waals surface area contributed by atoms with E-state index in [1.54, 1.807) is 23.9 Å². The van der Waals surface area contributed by atoms with Crippen molar-refractivity contribution in [2.45, 2.75) is 65.8 Å². The number of carbonyl (C=O) groups excluding carboxylic acids is 2. The number of rotatable bonds is 11. The molecule has 38 heavy (non-hydrogen) atoms. The molecule has 8 heteroatoms. The molecule has 0 bridgehead atoms. The van der Waals surface area contributed by atoms with Gasteiger partial charge in [-0.2, -0.15) is 11.8 Å². The zero-order valence-corrected chi connectivity index (χ0v) is 24.2. The topological polar surface area (TPSA) is 94.8 Å². The van der Waals surface area contributed by atoms with Crippen LogP contribution in [0.15, 0.2) is 50.7 Å². The van der Waals surface area contributed by atoms with Gasteiger partial charge in [0.15, 0.2) is 0 Å². The largest absolute Gasteiger partial charge is 0.493 e. The van der Waals surface area contributed by atoms with Crippen molar-refractivity contribution >= 4 is 34.6 Å². The van der Waals surface area contributed by atoms with E-state index in [2.05, 4.69) is 33.0 Å². The molecule has 7 nitrogen and oxygen atoms in total. The van der Waals surface area contributed by atoms with E-state index in [0.29, 0.717) is 43.1 Å². The first-order chi connectivity index (χ1) is 18.1. The Labute approximate surface area is 229 Å². The molecule has 0 aliphatic heterocycles. The van der Waals surface area contributed by atoms with Gasteiger partial charge in [-0.05, 0) is 81.6 Å². The number of amides is 1. The Morgan fingerprint density at radius 2 is 1.97 bits per heavy atom. The molecule has 1 heterocycles. The Kier molecular flexibility index (Phi) is 10.5. The van der Waals surface area contributed by atoms with Crippen molar-refractivity contribution in [1.82, 2.24) is 5.32 Å². The number of esters is 1. The predicted molar refractivity (Wildman–Crippen MR) is 153 cm³/mol. The minimum Gasteiger partial charge on any atom is -0.493 e. The van der Waals surface area contributed by atoms with Crippen LogP contribution in [-0.4, -0.2) is 43.6 Å². The van der Waals surface area contributed by atoms with E-state index in [9.17, 15) is 14.4 Å². The van der Waals surface area contributed by atoms with Gasteiger partial charge in [-0.3, -0.25) is 4.79 Å². The van der Waals surface area contributed by atoms with Gasteiger partial charge in [-0.1, -0.05) is 25.0 Å². The molecule has 1 saturated carbocycles.